The largest absolute Gasteiger partial charge is 0.404 e. The van der Waals surface area contributed by atoms with Gasteiger partial charge in [0.15, 0.2) is 0 Å². The van der Waals surface area contributed by atoms with Crippen molar-refractivity contribution in [1.82, 2.24) is 9.88 Å². The van der Waals surface area contributed by atoms with Gasteiger partial charge < -0.3 is 20.7 Å². The number of aliphatic hydroxyl groups is 1. The normalized spacial score (nSPS) is 19.5. The van der Waals surface area contributed by atoms with Crippen molar-refractivity contribution in [2.75, 3.05) is 0 Å². The first-order valence-corrected chi connectivity index (χ1v) is 12.7. The molecule has 0 saturated heterocycles. The number of aliphatic hydroxyl groups excluding tert-OH is 1. The third-order valence-corrected chi connectivity index (χ3v) is 6.79. The van der Waals surface area contributed by atoms with Gasteiger partial charge in [-0.15, -0.1) is 0 Å². The molecule has 1 fully saturated rings. The van der Waals surface area contributed by atoms with Crippen LogP contribution < -0.4 is 16.6 Å². The Bertz CT molecular complexity index is 1330. The zero-order valence-corrected chi connectivity index (χ0v) is 21.1. The summed E-state index contributed by atoms with van der Waals surface area (Å²) < 4.78 is 1.65. The summed E-state index contributed by atoms with van der Waals surface area (Å²) in [5.74, 6) is -0.332. The number of amides is 1. The van der Waals surface area contributed by atoms with E-state index in [1.54, 1.807) is 16.8 Å². The van der Waals surface area contributed by atoms with E-state index in [1.807, 2.05) is 42.5 Å². The van der Waals surface area contributed by atoms with E-state index in [0.29, 0.717) is 19.5 Å². The number of aromatic nitrogens is 1. The van der Waals surface area contributed by atoms with Crippen LogP contribution in [0.3, 0.4) is 0 Å². The minimum atomic E-state index is -0.637. The Morgan fingerprint density at radius 2 is 1.89 bits per heavy atom. The van der Waals surface area contributed by atoms with Gasteiger partial charge in [-0.25, -0.2) is 0 Å². The van der Waals surface area contributed by atoms with Crippen LogP contribution in [0.4, 0.5) is 0 Å². The van der Waals surface area contributed by atoms with E-state index < -0.39 is 6.10 Å². The Hall–Kier alpha value is -3.97. The fraction of sp³-hybridized carbons (Fsp3) is 0.300. The zero-order chi connectivity index (χ0) is 26.2. The number of aliphatic imine (C=N–C) groups is 1. The molecule has 1 aliphatic carbocycles. The first kappa shape index (κ1) is 26.1. The highest BCUT2D eigenvalue weighted by molar-refractivity contribution is 6.12. The topological polar surface area (TPSA) is 110 Å². The van der Waals surface area contributed by atoms with Gasteiger partial charge in [0.2, 0.25) is 0 Å². The van der Waals surface area contributed by atoms with Gasteiger partial charge in [0.1, 0.15) is 0 Å². The Morgan fingerprint density at radius 1 is 1.11 bits per heavy atom. The molecule has 1 heterocycles. The van der Waals surface area contributed by atoms with E-state index in [4.69, 9.17) is 5.73 Å². The molecule has 0 aliphatic heterocycles. The van der Waals surface area contributed by atoms with E-state index in [-0.39, 0.29) is 29.0 Å². The number of benzene rings is 2. The second-order valence-electron chi connectivity index (χ2n) is 9.48. The van der Waals surface area contributed by atoms with Gasteiger partial charge in [-0.2, -0.15) is 0 Å². The molecule has 1 aliphatic rings. The molecule has 0 spiro atoms. The van der Waals surface area contributed by atoms with Crippen molar-refractivity contribution >= 4 is 12.1 Å². The molecule has 37 heavy (non-hydrogen) atoms. The number of aryl methyl sites for hydroxylation is 1. The van der Waals surface area contributed by atoms with Crippen LogP contribution in [0.15, 0.2) is 94.5 Å². The number of nitrogens with one attached hydrogen (secondary N) is 1. The first-order chi connectivity index (χ1) is 18.0. The number of pyridine rings is 1. The second kappa shape index (κ2) is 12.3. The van der Waals surface area contributed by atoms with Crippen molar-refractivity contribution < 1.29 is 9.90 Å². The zero-order valence-electron chi connectivity index (χ0n) is 21.1. The summed E-state index contributed by atoms with van der Waals surface area (Å²) in [5.41, 5.74) is 10.3. The quantitative estimate of drug-likeness (QED) is 0.294. The molecule has 3 atom stereocenters. The van der Waals surface area contributed by atoms with Crippen LogP contribution in [0.2, 0.25) is 0 Å². The molecule has 1 saturated carbocycles. The number of rotatable bonds is 10. The van der Waals surface area contributed by atoms with Gasteiger partial charge in [-0.3, -0.25) is 14.6 Å². The minimum absolute atomic E-state index is 0.0181. The summed E-state index contributed by atoms with van der Waals surface area (Å²) in [6.45, 7) is 3.04. The van der Waals surface area contributed by atoms with E-state index in [0.717, 1.165) is 29.5 Å². The third kappa shape index (κ3) is 6.62. The number of nitrogens with two attached hydrogens (primary N) is 1. The molecule has 0 bridgehead atoms. The van der Waals surface area contributed by atoms with Crippen LogP contribution >= 0.6 is 0 Å². The van der Waals surface area contributed by atoms with Crippen molar-refractivity contribution in [3.63, 3.8) is 0 Å². The van der Waals surface area contributed by atoms with E-state index in [9.17, 15) is 14.7 Å². The highest BCUT2D eigenvalue weighted by atomic mass is 16.3. The highest BCUT2D eigenvalue weighted by Gasteiger charge is 2.41. The SMILES string of the molecule is CCCc1cccc(C2CC(NC(=O)/C(C=NCc3ccc(Cn4ccccc4=O)cc3)=C/N)C2O)c1. The fourth-order valence-electron chi connectivity index (χ4n) is 4.60. The van der Waals surface area contributed by atoms with Crippen LogP contribution in [-0.4, -0.2) is 33.9 Å². The average molecular weight is 499 g/mol. The number of nitrogens with zero attached hydrogens (tertiary/aromatic N) is 2. The molecule has 4 rings (SSSR count). The summed E-state index contributed by atoms with van der Waals surface area (Å²) in [7, 11) is 0. The Morgan fingerprint density at radius 3 is 2.59 bits per heavy atom. The van der Waals surface area contributed by atoms with Gasteiger partial charge in [0.05, 0.1) is 30.8 Å². The van der Waals surface area contributed by atoms with Crippen molar-refractivity contribution in [2.45, 2.75) is 57.3 Å². The standard InChI is InChI=1S/C30H34N4O3/c1-2-6-21-7-5-8-24(15-21)26-16-27(29(26)36)33-30(37)25(17-31)19-32-18-22-10-12-23(13-11-22)20-34-14-4-3-9-28(34)35/h3-5,7-15,17,19,26-27,29,36H,2,6,16,18,20,31H2,1H3,(H,33,37)/b25-17+,32-19?. The van der Waals surface area contributed by atoms with Crippen LogP contribution in [0.5, 0.6) is 0 Å². The van der Waals surface area contributed by atoms with Crippen LogP contribution in [0, 0.1) is 0 Å². The Balaban J connectivity index is 1.27. The van der Waals surface area contributed by atoms with E-state index in [2.05, 4.69) is 29.4 Å². The lowest BCUT2D eigenvalue weighted by molar-refractivity contribution is -0.120. The predicted octanol–water partition coefficient (Wildman–Crippen LogP) is 3.30. The lowest BCUT2D eigenvalue weighted by Gasteiger charge is -2.42. The third-order valence-electron chi connectivity index (χ3n) is 6.79. The molecule has 192 valence electrons. The van der Waals surface area contributed by atoms with Crippen molar-refractivity contribution in [3.8, 4) is 0 Å². The summed E-state index contributed by atoms with van der Waals surface area (Å²) in [6, 6.07) is 20.9. The maximum atomic E-state index is 12.7. The number of hydrogen-bond donors (Lipinski definition) is 3. The maximum Gasteiger partial charge on any atom is 0.254 e. The summed E-state index contributed by atoms with van der Waals surface area (Å²) in [6.07, 6.45) is 6.59. The first-order valence-electron chi connectivity index (χ1n) is 12.7. The van der Waals surface area contributed by atoms with Crippen molar-refractivity contribution in [3.05, 3.63) is 117 Å². The number of carbonyl (C=O) groups is 1. The molecular weight excluding hydrogens is 464 g/mol. The van der Waals surface area contributed by atoms with Gasteiger partial charge in [-0.1, -0.05) is 67.9 Å². The molecule has 2 aromatic carbocycles. The van der Waals surface area contributed by atoms with Gasteiger partial charge in [0, 0.05) is 30.6 Å². The van der Waals surface area contributed by atoms with Crippen LogP contribution in [0.1, 0.15) is 47.9 Å². The predicted molar refractivity (Wildman–Crippen MR) is 146 cm³/mol. The molecule has 4 N–H and O–H groups in total. The monoisotopic (exact) mass is 498 g/mol. The van der Waals surface area contributed by atoms with Gasteiger partial charge in [0.25, 0.3) is 11.5 Å². The number of carbonyl (C=O) groups excluding carboxylic acids is 1. The fourth-order valence-corrected chi connectivity index (χ4v) is 4.60. The van der Waals surface area contributed by atoms with E-state index in [1.165, 1.54) is 24.0 Å². The summed E-state index contributed by atoms with van der Waals surface area (Å²) in [4.78, 5) is 29.0. The lowest BCUT2D eigenvalue weighted by Crippen LogP contribution is -2.55. The maximum absolute atomic E-state index is 12.7. The Kier molecular flexibility index (Phi) is 8.69. The molecule has 1 amide bonds. The molecule has 3 aromatic rings. The second-order valence-corrected chi connectivity index (χ2v) is 9.48. The van der Waals surface area contributed by atoms with E-state index >= 15 is 0 Å². The smallest absolute Gasteiger partial charge is 0.254 e. The molecule has 1 aromatic heterocycles. The molecule has 7 nitrogen and oxygen atoms in total. The summed E-state index contributed by atoms with van der Waals surface area (Å²) >= 11 is 0. The highest BCUT2D eigenvalue weighted by Crippen LogP contribution is 2.37. The number of hydrogen-bond acceptors (Lipinski definition) is 5. The van der Waals surface area contributed by atoms with Crippen LogP contribution in [-0.2, 0) is 24.3 Å². The molecule has 7 heteroatoms. The molecular formula is C30H34N4O3. The van der Waals surface area contributed by atoms with Gasteiger partial charge in [-0.05, 0) is 41.2 Å². The van der Waals surface area contributed by atoms with Crippen molar-refractivity contribution in [2.24, 2.45) is 10.7 Å². The molecule has 0 radical (unpaired) electrons. The Labute approximate surface area is 217 Å². The van der Waals surface area contributed by atoms with Gasteiger partial charge >= 0.3 is 0 Å². The molecule has 3 unspecified atom stereocenters. The van der Waals surface area contributed by atoms with Crippen molar-refractivity contribution in [1.29, 1.82) is 0 Å². The van der Waals surface area contributed by atoms with Crippen LogP contribution in [0.25, 0.3) is 0 Å². The summed E-state index contributed by atoms with van der Waals surface area (Å²) in [5, 5.41) is 13.6. The minimum Gasteiger partial charge on any atom is -0.404 e. The average Bonchev–Trinajstić information content (AvgIpc) is 2.91. The lowest BCUT2D eigenvalue weighted by atomic mass is 9.72.